The predicted molar refractivity (Wildman–Crippen MR) is 83.1 cm³/mol. The van der Waals surface area contributed by atoms with Crippen LogP contribution >= 0.6 is 11.8 Å². The normalized spacial score (nSPS) is 10.8. The number of aromatic amines is 1. The van der Waals surface area contributed by atoms with Crippen LogP contribution in [0.5, 0.6) is 11.5 Å². The molecule has 6 nitrogen and oxygen atoms in total. The number of rotatable bonds is 5. The Kier molecular flexibility index (Phi) is 4.98. The molecule has 0 spiro atoms. The summed E-state index contributed by atoms with van der Waals surface area (Å²) < 4.78 is 64.1. The van der Waals surface area contributed by atoms with Gasteiger partial charge in [0.05, 0.1) is 24.7 Å². The van der Waals surface area contributed by atoms with Crippen LogP contribution in [-0.4, -0.2) is 34.4 Å². The third-order valence-electron chi connectivity index (χ3n) is 3.28. The molecule has 0 saturated heterocycles. The third-order valence-corrected chi connectivity index (χ3v) is 4.21. The molecule has 2 aromatic heterocycles. The molecule has 0 saturated carbocycles. The maximum absolute atomic E-state index is 13.7. The van der Waals surface area contributed by atoms with Crippen molar-refractivity contribution in [3.63, 3.8) is 0 Å². The Labute approximate surface area is 148 Å². The second kappa shape index (κ2) is 7.20. The van der Waals surface area contributed by atoms with Gasteiger partial charge in [0.15, 0.2) is 17.5 Å². The lowest BCUT2D eigenvalue weighted by Gasteiger charge is -2.07. The van der Waals surface area contributed by atoms with Crippen molar-refractivity contribution in [2.75, 3.05) is 14.2 Å². The number of H-pyrrole nitrogens is 1. The van der Waals surface area contributed by atoms with Crippen molar-refractivity contribution in [2.24, 2.45) is 0 Å². The zero-order valence-electron chi connectivity index (χ0n) is 13.3. The summed E-state index contributed by atoms with van der Waals surface area (Å²) >= 11 is 0.317. The monoisotopic (exact) mass is 386 g/mol. The number of methoxy groups -OCH3 is 2. The fourth-order valence-corrected chi connectivity index (χ4v) is 2.81. The molecule has 0 aliphatic rings. The van der Waals surface area contributed by atoms with Gasteiger partial charge in [-0.2, -0.15) is 13.8 Å². The van der Waals surface area contributed by atoms with E-state index in [1.54, 1.807) is 18.2 Å². The minimum absolute atomic E-state index is 0.152. The Morgan fingerprint density at radius 1 is 0.962 bits per heavy atom. The fourth-order valence-electron chi connectivity index (χ4n) is 2.06. The standard InChI is InChI=1S/C15H10F4N4O2S/c1-24-6-3-4-7(8(5-6)25-2)14-21-15(23-22-14)26-11-9(16)12(18)20-13(19)10(11)17/h3-5H,1-2H3,(H,21,22,23). The summed E-state index contributed by atoms with van der Waals surface area (Å²) in [6, 6.07) is 4.90. The summed E-state index contributed by atoms with van der Waals surface area (Å²) in [7, 11) is 2.94. The smallest absolute Gasteiger partial charge is 0.252 e. The van der Waals surface area contributed by atoms with E-state index in [1.165, 1.54) is 14.2 Å². The number of aromatic nitrogens is 4. The van der Waals surface area contributed by atoms with E-state index in [9.17, 15) is 17.6 Å². The average Bonchev–Trinajstić information content (AvgIpc) is 3.11. The van der Waals surface area contributed by atoms with Crippen LogP contribution in [0.3, 0.4) is 0 Å². The highest BCUT2D eigenvalue weighted by molar-refractivity contribution is 7.99. The van der Waals surface area contributed by atoms with Gasteiger partial charge in [0.25, 0.3) is 11.9 Å². The van der Waals surface area contributed by atoms with Crippen LogP contribution in [0.4, 0.5) is 17.6 Å². The van der Waals surface area contributed by atoms with Crippen LogP contribution in [0.15, 0.2) is 28.3 Å². The van der Waals surface area contributed by atoms with Crippen LogP contribution < -0.4 is 9.47 Å². The average molecular weight is 386 g/mol. The lowest BCUT2D eigenvalue weighted by atomic mass is 10.2. The van der Waals surface area contributed by atoms with Gasteiger partial charge in [0.2, 0.25) is 5.16 Å². The van der Waals surface area contributed by atoms with Crippen molar-refractivity contribution < 1.29 is 27.0 Å². The van der Waals surface area contributed by atoms with Gasteiger partial charge in [0, 0.05) is 6.07 Å². The van der Waals surface area contributed by atoms with E-state index in [4.69, 9.17) is 9.47 Å². The van der Waals surface area contributed by atoms with Gasteiger partial charge in [-0.15, -0.1) is 5.10 Å². The summed E-state index contributed by atoms with van der Waals surface area (Å²) in [5.41, 5.74) is 0.501. The van der Waals surface area contributed by atoms with Gasteiger partial charge >= 0.3 is 0 Å². The number of nitrogens with one attached hydrogen (secondary N) is 1. The maximum Gasteiger partial charge on any atom is 0.252 e. The van der Waals surface area contributed by atoms with Crippen molar-refractivity contribution in [3.05, 3.63) is 41.7 Å². The number of nitrogens with zero attached hydrogens (tertiary/aromatic N) is 3. The molecule has 0 aliphatic heterocycles. The second-order valence-corrected chi connectivity index (χ2v) is 5.76. The Morgan fingerprint density at radius 3 is 2.27 bits per heavy atom. The molecule has 1 N–H and O–H groups in total. The molecule has 0 radical (unpaired) electrons. The number of halogens is 4. The van der Waals surface area contributed by atoms with E-state index >= 15 is 0 Å². The zero-order valence-corrected chi connectivity index (χ0v) is 14.1. The summed E-state index contributed by atoms with van der Waals surface area (Å²) in [5, 5.41) is 6.21. The Bertz CT molecular complexity index is 941. The van der Waals surface area contributed by atoms with Gasteiger partial charge in [-0.1, -0.05) is 0 Å². The SMILES string of the molecule is COc1ccc(-c2nc(Sc3c(F)c(F)nc(F)c3F)n[nH]2)c(OC)c1. The van der Waals surface area contributed by atoms with Crippen LogP contribution in [0, 0.1) is 23.5 Å². The van der Waals surface area contributed by atoms with Crippen LogP contribution in [0.1, 0.15) is 0 Å². The molecule has 136 valence electrons. The van der Waals surface area contributed by atoms with E-state index in [1.807, 2.05) is 0 Å². The first-order valence-corrected chi connectivity index (χ1v) is 7.79. The van der Waals surface area contributed by atoms with Crippen molar-refractivity contribution in [2.45, 2.75) is 10.1 Å². The highest BCUT2D eigenvalue weighted by Crippen LogP contribution is 2.35. The largest absolute Gasteiger partial charge is 0.497 e. The van der Waals surface area contributed by atoms with E-state index in [2.05, 4.69) is 20.2 Å². The van der Waals surface area contributed by atoms with E-state index in [0.29, 0.717) is 28.8 Å². The zero-order chi connectivity index (χ0) is 18.8. The Morgan fingerprint density at radius 2 is 1.65 bits per heavy atom. The predicted octanol–water partition coefficient (Wildman–Crippen LogP) is 3.59. The molecule has 0 fully saturated rings. The van der Waals surface area contributed by atoms with Gasteiger partial charge in [0.1, 0.15) is 11.5 Å². The quantitative estimate of drug-likeness (QED) is 0.534. The number of hydrogen-bond donors (Lipinski definition) is 1. The molecule has 11 heteroatoms. The molecule has 0 unspecified atom stereocenters. The molecule has 0 aliphatic carbocycles. The molecule has 0 amide bonds. The molecular weight excluding hydrogens is 376 g/mol. The second-order valence-electron chi connectivity index (χ2n) is 4.79. The summed E-state index contributed by atoms with van der Waals surface area (Å²) in [4.78, 5) is 5.62. The van der Waals surface area contributed by atoms with E-state index in [-0.39, 0.29) is 11.0 Å². The van der Waals surface area contributed by atoms with Gasteiger partial charge in [-0.25, -0.2) is 13.8 Å². The topological polar surface area (TPSA) is 72.9 Å². The van der Waals surface area contributed by atoms with Crippen LogP contribution in [-0.2, 0) is 0 Å². The van der Waals surface area contributed by atoms with Crippen LogP contribution in [0.2, 0.25) is 0 Å². The van der Waals surface area contributed by atoms with Crippen LogP contribution in [0.25, 0.3) is 11.4 Å². The van der Waals surface area contributed by atoms with Crippen molar-refractivity contribution in [1.29, 1.82) is 0 Å². The molecule has 3 rings (SSSR count). The summed E-state index contributed by atoms with van der Waals surface area (Å²) in [6.07, 6.45) is 0. The van der Waals surface area contributed by atoms with Gasteiger partial charge in [-0.05, 0) is 23.9 Å². The molecule has 3 aromatic rings. The highest BCUT2D eigenvalue weighted by Gasteiger charge is 2.23. The number of ether oxygens (including phenoxy) is 2. The Balaban J connectivity index is 1.95. The molecule has 26 heavy (non-hydrogen) atoms. The van der Waals surface area contributed by atoms with Gasteiger partial charge in [-0.3, -0.25) is 5.10 Å². The van der Waals surface area contributed by atoms with Gasteiger partial charge < -0.3 is 9.47 Å². The molecule has 0 atom stereocenters. The highest BCUT2D eigenvalue weighted by atomic mass is 32.2. The summed E-state index contributed by atoms with van der Waals surface area (Å²) in [5.74, 6) is -5.56. The number of hydrogen-bond acceptors (Lipinski definition) is 6. The molecule has 1 aromatic carbocycles. The van der Waals surface area contributed by atoms with Crippen molar-refractivity contribution >= 4 is 11.8 Å². The first kappa shape index (κ1) is 18.0. The fraction of sp³-hybridized carbons (Fsp3) is 0.133. The first-order chi connectivity index (χ1) is 12.4. The maximum atomic E-state index is 13.7. The summed E-state index contributed by atoms with van der Waals surface area (Å²) in [6.45, 7) is 0. The first-order valence-electron chi connectivity index (χ1n) is 6.97. The Hall–Kier alpha value is -2.82. The minimum atomic E-state index is -1.75. The van der Waals surface area contributed by atoms with Crippen molar-refractivity contribution in [1.82, 2.24) is 20.2 Å². The third kappa shape index (κ3) is 3.29. The molecule has 0 bridgehead atoms. The van der Waals surface area contributed by atoms with E-state index < -0.39 is 28.4 Å². The lowest BCUT2D eigenvalue weighted by Crippen LogP contribution is -2.02. The molecule has 2 heterocycles. The molecular formula is C15H10F4N4O2S. The number of benzene rings is 1. The number of pyridine rings is 1. The minimum Gasteiger partial charge on any atom is -0.497 e. The van der Waals surface area contributed by atoms with E-state index in [0.717, 1.165) is 0 Å². The lowest BCUT2D eigenvalue weighted by molar-refractivity contribution is 0.383. The van der Waals surface area contributed by atoms with Crippen molar-refractivity contribution in [3.8, 4) is 22.9 Å².